The Morgan fingerprint density at radius 1 is 1.19 bits per heavy atom. The van der Waals surface area contributed by atoms with Crippen LogP contribution in [0.25, 0.3) is 10.9 Å². The van der Waals surface area contributed by atoms with Crippen molar-refractivity contribution in [3.8, 4) is 0 Å². The number of nitrogens with two attached hydrogens (primary N) is 1. The number of carbonyl (C=O) groups excluding carboxylic acids is 1. The van der Waals surface area contributed by atoms with Gasteiger partial charge in [-0.2, -0.15) is 0 Å². The molecule has 0 radical (unpaired) electrons. The highest BCUT2D eigenvalue weighted by Crippen LogP contribution is 2.17. The summed E-state index contributed by atoms with van der Waals surface area (Å²) >= 11 is 0. The van der Waals surface area contributed by atoms with Gasteiger partial charge < -0.3 is 10.8 Å². The molecule has 0 saturated carbocycles. The van der Waals surface area contributed by atoms with Crippen LogP contribution in [0.5, 0.6) is 0 Å². The second kappa shape index (κ2) is 3.62. The first-order valence-corrected chi connectivity index (χ1v) is 4.52. The van der Waals surface area contributed by atoms with Gasteiger partial charge in [-0.3, -0.25) is 4.79 Å². The zero-order valence-electron chi connectivity index (χ0n) is 8.18. The summed E-state index contributed by atoms with van der Waals surface area (Å²) in [4.78, 5) is 25.8. The predicted octanol–water partition coefficient (Wildman–Crippen LogP) is 1.03. The van der Waals surface area contributed by atoms with Crippen molar-refractivity contribution in [2.24, 2.45) is 5.73 Å². The number of hydrogen-bond donors (Lipinski definition) is 2. The van der Waals surface area contributed by atoms with E-state index in [4.69, 9.17) is 10.8 Å². The number of aromatic nitrogens is 1. The first-order valence-electron chi connectivity index (χ1n) is 4.52. The van der Waals surface area contributed by atoms with Gasteiger partial charge >= 0.3 is 5.97 Å². The van der Waals surface area contributed by atoms with Crippen LogP contribution < -0.4 is 5.73 Å². The largest absolute Gasteiger partial charge is 0.478 e. The number of para-hydroxylation sites is 1. The fourth-order valence-electron chi connectivity index (χ4n) is 1.46. The Bertz CT molecular complexity index is 593. The van der Waals surface area contributed by atoms with E-state index in [2.05, 4.69) is 4.98 Å². The van der Waals surface area contributed by atoms with E-state index in [-0.39, 0.29) is 16.8 Å². The highest BCUT2D eigenvalue weighted by atomic mass is 16.4. The highest BCUT2D eigenvalue weighted by molar-refractivity contribution is 6.03. The van der Waals surface area contributed by atoms with Crippen molar-refractivity contribution >= 4 is 22.8 Å². The van der Waals surface area contributed by atoms with E-state index < -0.39 is 11.9 Å². The fraction of sp³-hybridized carbons (Fsp3) is 0. The Balaban J connectivity index is 2.78. The molecule has 1 aromatic heterocycles. The number of nitrogens with zero attached hydrogens (tertiary/aromatic N) is 1. The quantitative estimate of drug-likeness (QED) is 0.784. The maximum absolute atomic E-state index is 10.9. The molecule has 0 atom stereocenters. The molecule has 1 heterocycles. The molecule has 0 saturated heterocycles. The third-order valence-electron chi connectivity index (χ3n) is 2.20. The lowest BCUT2D eigenvalue weighted by atomic mass is 10.1. The molecule has 5 heteroatoms. The van der Waals surface area contributed by atoms with Gasteiger partial charge in [-0.05, 0) is 12.1 Å². The van der Waals surface area contributed by atoms with Gasteiger partial charge in [0.05, 0.1) is 11.1 Å². The van der Waals surface area contributed by atoms with Crippen LogP contribution in [0.15, 0.2) is 30.3 Å². The summed E-state index contributed by atoms with van der Waals surface area (Å²) in [6.45, 7) is 0. The summed E-state index contributed by atoms with van der Waals surface area (Å²) < 4.78 is 0. The molecule has 0 aliphatic carbocycles. The first kappa shape index (κ1) is 10.1. The third-order valence-corrected chi connectivity index (χ3v) is 2.20. The molecule has 80 valence electrons. The number of hydrogen-bond acceptors (Lipinski definition) is 3. The predicted molar refractivity (Wildman–Crippen MR) is 57.2 cm³/mol. The molecule has 5 nitrogen and oxygen atoms in total. The van der Waals surface area contributed by atoms with Crippen LogP contribution in [-0.4, -0.2) is 22.0 Å². The molecule has 16 heavy (non-hydrogen) atoms. The van der Waals surface area contributed by atoms with Crippen LogP contribution in [0.4, 0.5) is 0 Å². The zero-order valence-corrected chi connectivity index (χ0v) is 8.18. The number of fused-ring (bicyclic) bond motifs is 1. The van der Waals surface area contributed by atoms with Crippen molar-refractivity contribution < 1.29 is 14.7 Å². The van der Waals surface area contributed by atoms with Crippen LogP contribution in [-0.2, 0) is 0 Å². The number of primary amides is 1. The van der Waals surface area contributed by atoms with E-state index >= 15 is 0 Å². The molecule has 0 spiro atoms. The summed E-state index contributed by atoms with van der Waals surface area (Å²) in [7, 11) is 0. The van der Waals surface area contributed by atoms with Gasteiger partial charge in [0.2, 0.25) is 0 Å². The number of rotatable bonds is 2. The number of carbonyl (C=O) groups is 2. The summed E-state index contributed by atoms with van der Waals surface area (Å²) in [6.07, 6.45) is 0. The van der Waals surface area contributed by atoms with Gasteiger partial charge in [0.1, 0.15) is 5.69 Å². The summed E-state index contributed by atoms with van der Waals surface area (Å²) in [5.74, 6) is -1.76. The maximum Gasteiger partial charge on any atom is 0.337 e. The smallest absolute Gasteiger partial charge is 0.337 e. The van der Waals surface area contributed by atoms with Crippen molar-refractivity contribution in [2.45, 2.75) is 0 Å². The van der Waals surface area contributed by atoms with Crippen molar-refractivity contribution in [2.75, 3.05) is 0 Å². The van der Waals surface area contributed by atoms with Gasteiger partial charge in [0.15, 0.2) is 0 Å². The van der Waals surface area contributed by atoms with E-state index in [1.165, 1.54) is 12.1 Å². The second-order valence-corrected chi connectivity index (χ2v) is 3.24. The third kappa shape index (κ3) is 1.58. The normalized spacial score (nSPS) is 10.2. The number of aromatic carboxylic acids is 1. The topological polar surface area (TPSA) is 93.3 Å². The minimum absolute atomic E-state index is 0.0561. The molecule has 1 aromatic carbocycles. The lowest BCUT2D eigenvalue weighted by Crippen LogP contribution is -2.13. The molecule has 0 aliphatic rings. The van der Waals surface area contributed by atoms with E-state index in [1.807, 2.05) is 0 Å². The van der Waals surface area contributed by atoms with Crippen molar-refractivity contribution in [1.29, 1.82) is 0 Å². The van der Waals surface area contributed by atoms with Crippen molar-refractivity contribution in [3.63, 3.8) is 0 Å². The highest BCUT2D eigenvalue weighted by Gasteiger charge is 2.11. The molecule has 0 unspecified atom stereocenters. The van der Waals surface area contributed by atoms with E-state index in [0.29, 0.717) is 5.39 Å². The Labute approximate surface area is 90.5 Å². The average Bonchev–Trinajstić information content (AvgIpc) is 2.27. The van der Waals surface area contributed by atoms with Crippen molar-refractivity contribution in [3.05, 3.63) is 41.6 Å². The summed E-state index contributed by atoms with van der Waals surface area (Å²) in [5.41, 5.74) is 5.46. The van der Waals surface area contributed by atoms with Crippen LogP contribution in [0.1, 0.15) is 20.8 Å². The van der Waals surface area contributed by atoms with E-state index in [9.17, 15) is 9.59 Å². The maximum atomic E-state index is 10.9. The lowest BCUT2D eigenvalue weighted by molar-refractivity contribution is 0.0698. The minimum atomic E-state index is -1.08. The minimum Gasteiger partial charge on any atom is -0.478 e. The number of pyridine rings is 1. The van der Waals surface area contributed by atoms with Gasteiger partial charge in [-0.1, -0.05) is 18.2 Å². The Morgan fingerprint density at radius 2 is 1.94 bits per heavy atom. The summed E-state index contributed by atoms with van der Waals surface area (Å²) in [5, 5.41) is 9.61. The van der Waals surface area contributed by atoms with Gasteiger partial charge in [-0.25, -0.2) is 9.78 Å². The standard InChI is InChI=1S/C11H8N2O3/c12-10(14)8-5-4-6-2-1-3-7(11(15)16)9(6)13-8/h1-5H,(H2,12,14)(H,15,16). The molecule has 0 aliphatic heterocycles. The lowest BCUT2D eigenvalue weighted by Gasteiger charge is -2.02. The molecular formula is C11H8N2O3. The molecule has 0 bridgehead atoms. The average molecular weight is 216 g/mol. The fourth-order valence-corrected chi connectivity index (χ4v) is 1.46. The van der Waals surface area contributed by atoms with Crippen molar-refractivity contribution in [1.82, 2.24) is 4.98 Å². The van der Waals surface area contributed by atoms with Gasteiger partial charge in [0.25, 0.3) is 5.91 Å². The Hall–Kier alpha value is -2.43. The van der Waals surface area contributed by atoms with Gasteiger partial charge in [-0.15, -0.1) is 0 Å². The number of amides is 1. The number of carboxylic acids is 1. The molecule has 1 amide bonds. The van der Waals surface area contributed by atoms with Crippen LogP contribution in [0.2, 0.25) is 0 Å². The molecule has 0 fully saturated rings. The number of carboxylic acid groups (broad SMARTS) is 1. The van der Waals surface area contributed by atoms with E-state index in [1.54, 1.807) is 18.2 Å². The van der Waals surface area contributed by atoms with Gasteiger partial charge in [0, 0.05) is 5.39 Å². The number of benzene rings is 1. The summed E-state index contributed by atoms with van der Waals surface area (Å²) in [6, 6.07) is 7.87. The molecule has 2 aromatic rings. The Morgan fingerprint density at radius 3 is 2.56 bits per heavy atom. The van der Waals surface area contributed by atoms with Crippen LogP contribution >= 0.6 is 0 Å². The second-order valence-electron chi connectivity index (χ2n) is 3.24. The molecular weight excluding hydrogens is 208 g/mol. The van der Waals surface area contributed by atoms with Crippen LogP contribution in [0, 0.1) is 0 Å². The molecule has 3 N–H and O–H groups in total. The van der Waals surface area contributed by atoms with E-state index in [0.717, 1.165) is 0 Å². The zero-order chi connectivity index (χ0) is 11.7. The Kier molecular flexibility index (Phi) is 2.28. The molecule has 2 rings (SSSR count). The monoisotopic (exact) mass is 216 g/mol. The first-order chi connectivity index (χ1) is 7.59. The SMILES string of the molecule is NC(=O)c1ccc2cccc(C(=O)O)c2n1. The van der Waals surface area contributed by atoms with Crippen LogP contribution in [0.3, 0.4) is 0 Å².